The first-order valence-electron chi connectivity index (χ1n) is 9.10. The van der Waals surface area contributed by atoms with Crippen molar-refractivity contribution in [1.29, 1.82) is 0 Å². The molecule has 2 aromatic carbocycles. The van der Waals surface area contributed by atoms with Gasteiger partial charge in [0, 0.05) is 6.20 Å². The number of fused-ring (bicyclic) bond motifs is 1. The third-order valence-electron chi connectivity index (χ3n) is 4.84. The molecule has 0 radical (unpaired) electrons. The van der Waals surface area contributed by atoms with E-state index in [1.54, 1.807) is 6.20 Å². The highest BCUT2D eigenvalue weighted by atomic mass is 16.5. The van der Waals surface area contributed by atoms with Crippen LogP contribution in [0.15, 0.2) is 48.8 Å². The maximum Gasteiger partial charge on any atom is 0.166 e. The Labute approximate surface area is 159 Å². The van der Waals surface area contributed by atoms with Gasteiger partial charge in [0.1, 0.15) is 11.5 Å². The lowest BCUT2D eigenvalue weighted by Gasteiger charge is -2.13. The van der Waals surface area contributed by atoms with Crippen molar-refractivity contribution >= 4 is 11.0 Å². The number of aryl methyl sites for hydroxylation is 5. The van der Waals surface area contributed by atoms with Crippen molar-refractivity contribution in [3.63, 3.8) is 0 Å². The van der Waals surface area contributed by atoms with Crippen LogP contribution in [0.1, 0.15) is 27.8 Å². The van der Waals surface area contributed by atoms with Crippen LogP contribution in [0.25, 0.3) is 16.7 Å². The van der Waals surface area contributed by atoms with E-state index in [9.17, 15) is 0 Å². The fraction of sp³-hybridized carbons (Fsp3) is 0.217. The molecule has 0 saturated heterocycles. The third kappa shape index (κ3) is 3.08. The van der Waals surface area contributed by atoms with E-state index in [4.69, 9.17) is 4.74 Å². The van der Waals surface area contributed by atoms with E-state index in [0.717, 1.165) is 33.8 Å². The highest BCUT2D eigenvalue weighted by Crippen LogP contribution is 2.32. The van der Waals surface area contributed by atoms with Gasteiger partial charge in [-0.15, -0.1) is 0 Å². The molecule has 136 valence electrons. The van der Waals surface area contributed by atoms with E-state index in [0.29, 0.717) is 0 Å². The molecule has 4 aromatic rings. The summed E-state index contributed by atoms with van der Waals surface area (Å²) in [4.78, 5) is 4.58. The molecule has 4 heteroatoms. The summed E-state index contributed by atoms with van der Waals surface area (Å²) in [5.41, 5.74) is 7.75. The van der Waals surface area contributed by atoms with Gasteiger partial charge in [0.25, 0.3) is 0 Å². The summed E-state index contributed by atoms with van der Waals surface area (Å²) < 4.78 is 8.15. The van der Waals surface area contributed by atoms with E-state index in [-0.39, 0.29) is 0 Å². The maximum absolute atomic E-state index is 6.24. The van der Waals surface area contributed by atoms with E-state index < -0.39 is 0 Å². The van der Waals surface area contributed by atoms with Crippen LogP contribution in [-0.2, 0) is 0 Å². The minimum absolute atomic E-state index is 0.766. The topological polar surface area (TPSA) is 39.9 Å². The molecule has 4 nitrogen and oxygen atoms in total. The summed E-state index contributed by atoms with van der Waals surface area (Å²) in [5, 5.41) is 5.53. The zero-order chi connectivity index (χ0) is 19.1. The molecule has 2 aromatic heterocycles. The zero-order valence-corrected chi connectivity index (χ0v) is 16.4. The van der Waals surface area contributed by atoms with Gasteiger partial charge in [-0.05, 0) is 69.0 Å². The molecule has 0 aliphatic heterocycles. The van der Waals surface area contributed by atoms with E-state index >= 15 is 0 Å². The number of aromatic nitrogens is 3. The number of pyridine rings is 1. The smallest absolute Gasteiger partial charge is 0.166 e. The van der Waals surface area contributed by atoms with Crippen molar-refractivity contribution in [2.24, 2.45) is 0 Å². The quantitative estimate of drug-likeness (QED) is 0.468. The minimum atomic E-state index is 0.766. The Balaban J connectivity index is 1.85. The van der Waals surface area contributed by atoms with Crippen LogP contribution >= 0.6 is 0 Å². The van der Waals surface area contributed by atoms with Crippen LogP contribution in [0.2, 0.25) is 0 Å². The summed E-state index contributed by atoms with van der Waals surface area (Å²) in [6.45, 7) is 10.4. The SMILES string of the molecule is Cc1cc(C)c(-n2ncc3c(Oc4cc(C)ccc4C)ccnc32)c(C)c1. The second kappa shape index (κ2) is 6.54. The van der Waals surface area contributed by atoms with Crippen molar-refractivity contribution in [3.05, 3.63) is 76.6 Å². The number of hydrogen-bond donors (Lipinski definition) is 0. The van der Waals surface area contributed by atoms with E-state index in [2.05, 4.69) is 75.0 Å². The van der Waals surface area contributed by atoms with E-state index in [1.807, 2.05) is 16.9 Å². The van der Waals surface area contributed by atoms with Gasteiger partial charge in [0.05, 0.1) is 17.3 Å². The summed E-state index contributed by atoms with van der Waals surface area (Å²) in [6.07, 6.45) is 3.61. The van der Waals surface area contributed by atoms with Crippen LogP contribution in [0.5, 0.6) is 11.5 Å². The molecule has 0 N–H and O–H groups in total. The second-order valence-electron chi connectivity index (χ2n) is 7.22. The molecule has 0 fully saturated rings. The van der Waals surface area contributed by atoms with Crippen LogP contribution < -0.4 is 4.74 Å². The predicted octanol–water partition coefficient (Wildman–Crippen LogP) is 5.75. The lowest BCUT2D eigenvalue weighted by atomic mass is 10.1. The minimum Gasteiger partial charge on any atom is -0.456 e. The van der Waals surface area contributed by atoms with Gasteiger partial charge in [-0.2, -0.15) is 5.10 Å². The Morgan fingerprint density at radius 3 is 2.26 bits per heavy atom. The van der Waals surface area contributed by atoms with Crippen molar-refractivity contribution in [3.8, 4) is 17.2 Å². The fourth-order valence-electron chi connectivity index (χ4n) is 3.60. The second-order valence-corrected chi connectivity index (χ2v) is 7.22. The summed E-state index contributed by atoms with van der Waals surface area (Å²) in [6, 6.07) is 12.5. The molecule has 2 heterocycles. The van der Waals surface area contributed by atoms with Gasteiger partial charge in [0.15, 0.2) is 5.65 Å². The Bertz CT molecular complexity index is 1130. The molecule has 0 bridgehead atoms. The Morgan fingerprint density at radius 2 is 1.52 bits per heavy atom. The number of benzene rings is 2. The average Bonchev–Trinajstić information content (AvgIpc) is 3.02. The summed E-state index contributed by atoms with van der Waals surface area (Å²) >= 11 is 0. The molecule has 27 heavy (non-hydrogen) atoms. The highest BCUT2D eigenvalue weighted by Gasteiger charge is 2.15. The van der Waals surface area contributed by atoms with Gasteiger partial charge >= 0.3 is 0 Å². The number of hydrogen-bond acceptors (Lipinski definition) is 3. The number of ether oxygens (including phenoxy) is 1. The van der Waals surface area contributed by atoms with Crippen molar-refractivity contribution in [2.75, 3.05) is 0 Å². The lowest BCUT2D eigenvalue weighted by molar-refractivity contribution is 0.483. The zero-order valence-electron chi connectivity index (χ0n) is 16.4. The van der Waals surface area contributed by atoms with Crippen LogP contribution in [0, 0.1) is 34.6 Å². The third-order valence-corrected chi connectivity index (χ3v) is 4.84. The first-order chi connectivity index (χ1) is 12.9. The highest BCUT2D eigenvalue weighted by molar-refractivity contribution is 5.83. The first kappa shape index (κ1) is 17.3. The molecule has 4 rings (SSSR count). The molecule has 0 atom stereocenters. The largest absolute Gasteiger partial charge is 0.456 e. The van der Waals surface area contributed by atoms with Gasteiger partial charge < -0.3 is 4.74 Å². The molecule has 0 unspecified atom stereocenters. The predicted molar refractivity (Wildman–Crippen MR) is 109 cm³/mol. The van der Waals surface area contributed by atoms with Crippen LogP contribution in [-0.4, -0.2) is 14.8 Å². The van der Waals surface area contributed by atoms with Crippen LogP contribution in [0.4, 0.5) is 0 Å². The Hall–Kier alpha value is -3.14. The van der Waals surface area contributed by atoms with Crippen molar-refractivity contribution in [1.82, 2.24) is 14.8 Å². The first-order valence-corrected chi connectivity index (χ1v) is 9.10. The summed E-state index contributed by atoms with van der Waals surface area (Å²) in [7, 11) is 0. The lowest BCUT2D eigenvalue weighted by Crippen LogP contribution is -2.03. The van der Waals surface area contributed by atoms with Gasteiger partial charge in [0.2, 0.25) is 0 Å². The number of nitrogens with zero attached hydrogens (tertiary/aromatic N) is 3. The molecule has 0 amide bonds. The standard InChI is InChI=1S/C23H23N3O/c1-14-6-7-16(3)21(12-14)27-20-8-9-24-23-19(20)13-25-26(23)22-17(4)10-15(2)11-18(22)5/h6-13H,1-5H3. The van der Waals surface area contributed by atoms with Crippen LogP contribution in [0.3, 0.4) is 0 Å². The average molecular weight is 357 g/mol. The fourth-order valence-corrected chi connectivity index (χ4v) is 3.60. The molecule has 0 saturated carbocycles. The molecule has 0 aliphatic rings. The Kier molecular flexibility index (Phi) is 4.19. The molecular weight excluding hydrogens is 334 g/mol. The van der Waals surface area contributed by atoms with Crippen molar-refractivity contribution in [2.45, 2.75) is 34.6 Å². The van der Waals surface area contributed by atoms with Gasteiger partial charge in [-0.25, -0.2) is 9.67 Å². The van der Waals surface area contributed by atoms with Gasteiger partial charge in [-0.1, -0.05) is 29.8 Å². The molecule has 0 aliphatic carbocycles. The molecular formula is C23H23N3O. The Morgan fingerprint density at radius 1 is 0.778 bits per heavy atom. The van der Waals surface area contributed by atoms with E-state index in [1.165, 1.54) is 22.3 Å². The summed E-state index contributed by atoms with van der Waals surface area (Å²) in [5.74, 6) is 1.63. The van der Waals surface area contributed by atoms with Crippen molar-refractivity contribution < 1.29 is 4.74 Å². The maximum atomic E-state index is 6.24. The molecule has 0 spiro atoms. The van der Waals surface area contributed by atoms with Gasteiger partial charge in [-0.3, -0.25) is 0 Å². The number of rotatable bonds is 3. The monoisotopic (exact) mass is 357 g/mol. The normalized spacial score (nSPS) is 11.1.